The zero-order chi connectivity index (χ0) is 10.2. The summed E-state index contributed by atoms with van der Waals surface area (Å²) >= 11 is 0. The van der Waals surface area contributed by atoms with Crippen molar-refractivity contribution in [1.29, 1.82) is 0 Å². The number of carbonyl (C=O) groups is 1. The third kappa shape index (κ3) is 1.64. The van der Waals surface area contributed by atoms with Crippen molar-refractivity contribution in [2.45, 2.75) is 37.8 Å². The lowest BCUT2D eigenvalue weighted by Crippen LogP contribution is -2.44. The number of hydrogen-bond acceptors (Lipinski definition) is 3. The molecular weight excluding hydrogens is 182 g/mol. The van der Waals surface area contributed by atoms with Crippen molar-refractivity contribution in [2.75, 3.05) is 13.2 Å². The normalized spacial score (nSPS) is 42.9. The molecule has 2 heterocycles. The molecule has 0 amide bonds. The van der Waals surface area contributed by atoms with Gasteiger partial charge in [0, 0.05) is 13.2 Å². The van der Waals surface area contributed by atoms with Crippen LogP contribution in [0.25, 0.3) is 0 Å². The van der Waals surface area contributed by atoms with E-state index >= 15 is 0 Å². The molecule has 2 N–H and O–H groups in total. The molecule has 4 nitrogen and oxygen atoms in total. The van der Waals surface area contributed by atoms with Crippen LogP contribution in [0.1, 0.15) is 26.2 Å². The van der Waals surface area contributed by atoms with Gasteiger partial charge in [0.1, 0.15) is 5.54 Å². The van der Waals surface area contributed by atoms with Crippen LogP contribution in [0, 0.1) is 5.92 Å². The van der Waals surface area contributed by atoms with Gasteiger partial charge in [-0.05, 0) is 32.1 Å². The van der Waals surface area contributed by atoms with Gasteiger partial charge in [-0.2, -0.15) is 0 Å². The molecule has 0 radical (unpaired) electrons. The summed E-state index contributed by atoms with van der Waals surface area (Å²) in [6.45, 7) is 3.36. The van der Waals surface area contributed by atoms with Gasteiger partial charge in [-0.3, -0.25) is 4.79 Å². The van der Waals surface area contributed by atoms with E-state index in [0.29, 0.717) is 12.3 Å². The molecule has 2 aliphatic heterocycles. The number of nitrogens with one attached hydrogen (secondary N) is 1. The summed E-state index contributed by atoms with van der Waals surface area (Å²) in [5, 5.41) is 12.1. The maximum Gasteiger partial charge on any atom is 0.323 e. The summed E-state index contributed by atoms with van der Waals surface area (Å²) in [5.74, 6) is -0.378. The Morgan fingerprint density at radius 1 is 1.64 bits per heavy atom. The first-order valence-corrected chi connectivity index (χ1v) is 5.22. The minimum atomic E-state index is -0.752. The van der Waals surface area contributed by atoms with Gasteiger partial charge in [0.2, 0.25) is 0 Å². The average Bonchev–Trinajstić information content (AvgIpc) is 2.72. The molecule has 2 saturated heterocycles. The topological polar surface area (TPSA) is 58.6 Å². The van der Waals surface area contributed by atoms with Crippen molar-refractivity contribution in [1.82, 2.24) is 5.32 Å². The molecule has 0 bridgehead atoms. The predicted molar refractivity (Wildman–Crippen MR) is 51.1 cm³/mol. The van der Waals surface area contributed by atoms with E-state index in [9.17, 15) is 4.79 Å². The summed E-state index contributed by atoms with van der Waals surface area (Å²) in [4.78, 5) is 11.0. The Morgan fingerprint density at radius 3 is 2.93 bits per heavy atom. The van der Waals surface area contributed by atoms with Gasteiger partial charge in [-0.1, -0.05) is 0 Å². The number of ether oxygens (including phenoxy) is 1. The molecule has 0 aromatic rings. The van der Waals surface area contributed by atoms with Gasteiger partial charge in [-0.25, -0.2) is 0 Å². The fourth-order valence-electron chi connectivity index (χ4n) is 2.43. The first-order valence-electron chi connectivity index (χ1n) is 5.22. The van der Waals surface area contributed by atoms with Gasteiger partial charge in [0.25, 0.3) is 0 Å². The Morgan fingerprint density at radius 2 is 2.43 bits per heavy atom. The second-order valence-electron chi connectivity index (χ2n) is 4.53. The predicted octanol–water partition coefficient (Wildman–Crippen LogP) is 0.618. The minimum absolute atomic E-state index is 0.281. The molecule has 0 saturated carbocycles. The van der Waals surface area contributed by atoms with E-state index in [1.807, 2.05) is 0 Å². The van der Waals surface area contributed by atoms with Crippen LogP contribution in [0.3, 0.4) is 0 Å². The highest BCUT2D eigenvalue weighted by Gasteiger charge is 2.44. The van der Waals surface area contributed by atoms with Crippen LogP contribution in [-0.2, 0) is 9.53 Å². The zero-order valence-electron chi connectivity index (χ0n) is 8.45. The highest BCUT2D eigenvalue weighted by Crippen LogP contribution is 2.31. The fraction of sp³-hybridized carbons (Fsp3) is 0.900. The molecule has 2 aliphatic rings. The highest BCUT2D eigenvalue weighted by molar-refractivity contribution is 5.78. The number of carboxylic acids is 1. The maximum atomic E-state index is 11.0. The molecule has 0 aliphatic carbocycles. The Balaban J connectivity index is 1.96. The quantitative estimate of drug-likeness (QED) is 0.684. The molecule has 0 spiro atoms. The lowest BCUT2D eigenvalue weighted by atomic mass is 9.90. The van der Waals surface area contributed by atoms with Gasteiger partial charge in [0.05, 0.1) is 6.10 Å². The molecule has 3 atom stereocenters. The number of aliphatic carboxylic acids is 1. The second-order valence-corrected chi connectivity index (χ2v) is 4.53. The van der Waals surface area contributed by atoms with Crippen LogP contribution < -0.4 is 5.32 Å². The molecule has 14 heavy (non-hydrogen) atoms. The van der Waals surface area contributed by atoms with E-state index in [1.165, 1.54) is 0 Å². The van der Waals surface area contributed by atoms with Crippen LogP contribution in [-0.4, -0.2) is 35.9 Å². The van der Waals surface area contributed by atoms with Crippen molar-refractivity contribution in [3.05, 3.63) is 0 Å². The average molecular weight is 199 g/mol. The third-order valence-corrected chi connectivity index (χ3v) is 3.39. The van der Waals surface area contributed by atoms with Gasteiger partial charge in [-0.15, -0.1) is 0 Å². The van der Waals surface area contributed by atoms with Crippen molar-refractivity contribution in [3.8, 4) is 0 Å². The lowest BCUT2D eigenvalue weighted by Gasteiger charge is -2.20. The molecule has 3 unspecified atom stereocenters. The van der Waals surface area contributed by atoms with Gasteiger partial charge < -0.3 is 15.2 Å². The van der Waals surface area contributed by atoms with E-state index in [1.54, 1.807) is 6.92 Å². The number of hydrogen-bond donors (Lipinski definition) is 2. The Labute approximate surface area is 83.6 Å². The van der Waals surface area contributed by atoms with Crippen LogP contribution in [0.2, 0.25) is 0 Å². The van der Waals surface area contributed by atoms with E-state index in [0.717, 1.165) is 26.0 Å². The van der Waals surface area contributed by atoms with Crippen molar-refractivity contribution in [2.24, 2.45) is 5.92 Å². The maximum absolute atomic E-state index is 11.0. The number of rotatable bonds is 2. The standard InChI is InChI=1S/C10H17NO3/c1-10(9(12)13)5-7(6-11-10)8-3-2-4-14-8/h7-8,11H,2-6H2,1H3,(H,12,13). The van der Waals surface area contributed by atoms with E-state index < -0.39 is 11.5 Å². The zero-order valence-corrected chi connectivity index (χ0v) is 8.45. The van der Waals surface area contributed by atoms with Gasteiger partial charge in [0.15, 0.2) is 0 Å². The molecule has 0 aromatic carbocycles. The molecule has 2 rings (SSSR count). The Bertz CT molecular complexity index is 238. The molecule has 80 valence electrons. The smallest absolute Gasteiger partial charge is 0.323 e. The summed E-state index contributed by atoms with van der Waals surface area (Å²) in [7, 11) is 0. The largest absolute Gasteiger partial charge is 0.480 e. The van der Waals surface area contributed by atoms with Crippen LogP contribution in [0.4, 0.5) is 0 Å². The van der Waals surface area contributed by atoms with Crippen LogP contribution >= 0.6 is 0 Å². The van der Waals surface area contributed by atoms with Crippen molar-refractivity contribution < 1.29 is 14.6 Å². The Kier molecular flexibility index (Phi) is 2.49. The first kappa shape index (κ1) is 9.93. The summed E-state index contributed by atoms with van der Waals surface area (Å²) in [5.41, 5.74) is -0.739. The number of carboxylic acid groups (broad SMARTS) is 1. The van der Waals surface area contributed by atoms with Gasteiger partial charge >= 0.3 is 5.97 Å². The first-order chi connectivity index (χ1) is 6.62. The molecule has 4 heteroatoms. The third-order valence-electron chi connectivity index (χ3n) is 3.39. The second kappa shape index (κ2) is 3.51. The van der Waals surface area contributed by atoms with Crippen molar-refractivity contribution in [3.63, 3.8) is 0 Å². The highest BCUT2D eigenvalue weighted by atomic mass is 16.5. The summed E-state index contributed by atoms with van der Waals surface area (Å²) < 4.78 is 5.58. The lowest BCUT2D eigenvalue weighted by molar-refractivity contribution is -0.143. The van der Waals surface area contributed by atoms with Crippen LogP contribution in [0.5, 0.6) is 0 Å². The summed E-state index contributed by atoms with van der Waals surface area (Å²) in [6.07, 6.45) is 3.17. The molecular formula is C10H17NO3. The Hall–Kier alpha value is -0.610. The minimum Gasteiger partial charge on any atom is -0.480 e. The fourth-order valence-corrected chi connectivity index (χ4v) is 2.43. The van der Waals surface area contributed by atoms with E-state index in [2.05, 4.69) is 5.32 Å². The molecule has 2 fully saturated rings. The van der Waals surface area contributed by atoms with Crippen molar-refractivity contribution >= 4 is 5.97 Å². The molecule has 0 aromatic heterocycles. The van der Waals surface area contributed by atoms with E-state index in [4.69, 9.17) is 9.84 Å². The SMILES string of the molecule is CC1(C(=O)O)CC(C2CCCO2)CN1. The summed E-state index contributed by atoms with van der Waals surface area (Å²) in [6, 6.07) is 0. The monoisotopic (exact) mass is 199 g/mol. The van der Waals surface area contributed by atoms with Crippen LogP contribution in [0.15, 0.2) is 0 Å². The van der Waals surface area contributed by atoms with E-state index in [-0.39, 0.29) is 6.10 Å².